The van der Waals surface area contributed by atoms with Crippen LogP contribution < -0.4 is 5.32 Å². The first-order valence-electron chi connectivity index (χ1n) is 6.67. The molecule has 3 rings (SSSR count). The van der Waals surface area contributed by atoms with Crippen molar-refractivity contribution in [1.82, 2.24) is 0 Å². The molecule has 0 unspecified atom stereocenters. The van der Waals surface area contributed by atoms with Crippen LogP contribution in [0.25, 0.3) is 5.76 Å². The number of rotatable bonds is 2. The Bertz CT molecular complexity index is 886. The number of carbonyl (C=O) groups excluding carboxylic acids is 3. The van der Waals surface area contributed by atoms with Crippen molar-refractivity contribution in [2.75, 3.05) is 5.32 Å². The van der Waals surface area contributed by atoms with Crippen LogP contribution in [0.3, 0.4) is 0 Å². The second kappa shape index (κ2) is 5.70. The summed E-state index contributed by atoms with van der Waals surface area (Å²) in [5, 5.41) is 13.1. The van der Waals surface area contributed by atoms with E-state index in [1.54, 1.807) is 30.3 Å². The number of nitrogens with one attached hydrogen (secondary N) is 1. The molecule has 0 saturated carbocycles. The molecule has 2 aromatic rings. The molecular formula is C17H10ClNO4. The minimum Gasteiger partial charge on any atom is -0.506 e. The summed E-state index contributed by atoms with van der Waals surface area (Å²) < 4.78 is 0. The van der Waals surface area contributed by atoms with E-state index in [-0.39, 0.29) is 11.1 Å². The Balaban J connectivity index is 2.02. The summed E-state index contributed by atoms with van der Waals surface area (Å²) in [6.45, 7) is 0. The predicted molar refractivity (Wildman–Crippen MR) is 85.4 cm³/mol. The average molecular weight is 328 g/mol. The number of anilines is 1. The Morgan fingerprint density at radius 3 is 2.35 bits per heavy atom. The summed E-state index contributed by atoms with van der Waals surface area (Å²) in [5.74, 6) is -3.24. The first-order chi connectivity index (χ1) is 11.0. The average Bonchev–Trinajstić information content (AvgIpc) is 2.53. The van der Waals surface area contributed by atoms with Gasteiger partial charge in [0.15, 0.2) is 0 Å². The number of carbonyl (C=O) groups is 3. The number of amides is 1. The van der Waals surface area contributed by atoms with Gasteiger partial charge >= 0.3 is 0 Å². The molecule has 6 heteroatoms. The Hall–Kier alpha value is -2.92. The van der Waals surface area contributed by atoms with Gasteiger partial charge in [-0.2, -0.15) is 0 Å². The van der Waals surface area contributed by atoms with E-state index in [0.717, 1.165) is 0 Å². The van der Waals surface area contributed by atoms with Crippen LogP contribution in [0.15, 0.2) is 54.1 Å². The van der Waals surface area contributed by atoms with Crippen molar-refractivity contribution >= 4 is 40.5 Å². The molecule has 0 atom stereocenters. The lowest BCUT2D eigenvalue weighted by Gasteiger charge is -2.17. The molecule has 0 radical (unpaired) electrons. The number of benzene rings is 2. The summed E-state index contributed by atoms with van der Waals surface area (Å²) in [4.78, 5) is 36.5. The SMILES string of the molecule is O=C(Nc1cccc(Cl)c1)C1=C(O)c2ccccc2C(=O)C1=O. The summed E-state index contributed by atoms with van der Waals surface area (Å²) in [6.07, 6.45) is 0. The summed E-state index contributed by atoms with van der Waals surface area (Å²) in [6, 6.07) is 12.4. The van der Waals surface area contributed by atoms with E-state index in [9.17, 15) is 19.5 Å². The van der Waals surface area contributed by atoms with E-state index in [1.165, 1.54) is 18.2 Å². The van der Waals surface area contributed by atoms with Gasteiger partial charge < -0.3 is 10.4 Å². The van der Waals surface area contributed by atoms with Gasteiger partial charge in [0.2, 0.25) is 11.6 Å². The van der Waals surface area contributed by atoms with E-state index in [4.69, 9.17) is 11.6 Å². The normalized spacial score (nSPS) is 13.8. The first kappa shape index (κ1) is 15.0. The van der Waals surface area contributed by atoms with E-state index in [2.05, 4.69) is 5.32 Å². The molecule has 1 aliphatic rings. The van der Waals surface area contributed by atoms with E-state index in [0.29, 0.717) is 10.7 Å². The van der Waals surface area contributed by atoms with Gasteiger partial charge in [-0.1, -0.05) is 41.9 Å². The zero-order valence-corrected chi connectivity index (χ0v) is 12.4. The van der Waals surface area contributed by atoms with E-state index < -0.39 is 28.8 Å². The minimum absolute atomic E-state index is 0.0781. The molecule has 23 heavy (non-hydrogen) atoms. The lowest BCUT2D eigenvalue weighted by molar-refractivity contribution is -0.118. The van der Waals surface area contributed by atoms with Crippen molar-refractivity contribution in [3.63, 3.8) is 0 Å². The number of hydrogen-bond acceptors (Lipinski definition) is 4. The molecule has 0 saturated heterocycles. The first-order valence-corrected chi connectivity index (χ1v) is 7.05. The zero-order valence-electron chi connectivity index (χ0n) is 11.7. The van der Waals surface area contributed by atoms with Crippen LogP contribution >= 0.6 is 11.6 Å². The van der Waals surface area contributed by atoms with Crippen LogP contribution in [0.4, 0.5) is 5.69 Å². The van der Waals surface area contributed by atoms with Crippen LogP contribution in [0, 0.1) is 0 Å². The Labute approximate surface area is 136 Å². The third-order valence-corrected chi connectivity index (χ3v) is 3.64. The molecule has 0 aromatic heterocycles. The molecule has 1 amide bonds. The van der Waals surface area contributed by atoms with Crippen LogP contribution in [-0.4, -0.2) is 22.6 Å². The minimum atomic E-state index is -1.04. The lowest BCUT2D eigenvalue weighted by Crippen LogP contribution is -2.31. The van der Waals surface area contributed by atoms with Crippen molar-refractivity contribution in [2.24, 2.45) is 0 Å². The number of aliphatic hydroxyl groups excluding tert-OH is 1. The second-order valence-corrected chi connectivity index (χ2v) is 5.33. The maximum absolute atomic E-state index is 12.3. The monoisotopic (exact) mass is 327 g/mol. The van der Waals surface area contributed by atoms with Crippen molar-refractivity contribution in [1.29, 1.82) is 0 Å². The summed E-state index contributed by atoms with van der Waals surface area (Å²) in [5.41, 5.74) is 0.0123. The van der Waals surface area contributed by atoms with Gasteiger partial charge in [-0.05, 0) is 18.2 Å². The fraction of sp³-hybridized carbons (Fsp3) is 0. The van der Waals surface area contributed by atoms with Gasteiger partial charge in [0.25, 0.3) is 5.91 Å². The molecular weight excluding hydrogens is 318 g/mol. The highest BCUT2D eigenvalue weighted by Gasteiger charge is 2.36. The molecule has 1 aliphatic carbocycles. The van der Waals surface area contributed by atoms with Gasteiger partial charge in [-0.25, -0.2) is 0 Å². The number of fused-ring (bicyclic) bond motifs is 1. The van der Waals surface area contributed by atoms with Gasteiger partial charge in [-0.15, -0.1) is 0 Å². The van der Waals surface area contributed by atoms with Crippen molar-refractivity contribution in [2.45, 2.75) is 0 Å². The second-order valence-electron chi connectivity index (χ2n) is 4.89. The maximum atomic E-state index is 12.3. The van der Waals surface area contributed by atoms with Gasteiger partial charge in [0.1, 0.15) is 11.3 Å². The molecule has 0 heterocycles. The van der Waals surface area contributed by atoms with Crippen LogP contribution in [0.5, 0.6) is 0 Å². The fourth-order valence-electron chi connectivity index (χ4n) is 2.34. The molecule has 2 aromatic carbocycles. The molecule has 2 N–H and O–H groups in total. The number of aliphatic hydroxyl groups is 1. The number of Topliss-reactive ketones (excluding diaryl/α,β-unsaturated/α-hetero) is 2. The van der Waals surface area contributed by atoms with Crippen molar-refractivity contribution in [3.8, 4) is 0 Å². The van der Waals surface area contributed by atoms with Crippen LogP contribution in [-0.2, 0) is 9.59 Å². The van der Waals surface area contributed by atoms with E-state index in [1.807, 2.05) is 0 Å². The smallest absolute Gasteiger partial charge is 0.263 e. The highest BCUT2D eigenvalue weighted by molar-refractivity contribution is 6.57. The molecule has 0 fully saturated rings. The summed E-state index contributed by atoms with van der Waals surface area (Å²) >= 11 is 5.83. The lowest BCUT2D eigenvalue weighted by atomic mass is 9.88. The predicted octanol–water partition coefficient (Wildman–Crippen LogP) is 3.01. The van der Waals surface area contributed by atoms with Crippen molar-refractivity contribution < 1.29 is 19.5 Å². The zero-order chi connectivity index (χ0) is 16.6. The van der Waals surface area contributed by atoms with Crippen molar-refractivity contribution in [3.05, 3.63) is 70.3 Å². The standard InChI is InChI=1S/C17H10ClNO4/c18-9-4-3-5-10(8-9)19-17(23)13-14(20)11-6-1-2-7-12(11)15(21)16(13)22/h1-8,20H,(H,19,23). The third-order valence-electron chi connectivity index (χ3n) is 3.41. The van der Waals surface area contributed by atoms with Gasteiger partial charge in [0.05, 0.1) is 0 Å². The maximum Gasteiger partial charge on any atom is 0.263 e. The number of ketones is 2. The quantitative estimate of drug-likeness (QED) is 0.656. The molecule has 0 aliphatic heterocycles. The Morgan fingerprint density at radius 1 is 0.957 bits per heavy atom. The molecule has 5 nitrogen and oxygen atoms in total. The highest BCUT2D eigenvalue weighted by atomic mass is 35.5. The molecule has 0 spiro atoms. The largest absolute Gasteiger partial charge is 0.506 e. The Kier molecular flexibility index (Phi) is 3.72. The highest BCUT2D eigenvalue weighted by Crippen LogP contribution is 2.28. The van der Waals surface area contributed by atoms with E-state index >= 15 is 0 Å². The number of halogens is 1. The molecule has 0 bridgehead atoms. The Morgan fingerprint density at radius 2 is 1.65 bits per heavy atom. The third kappa shape index (κ3) is 2.62. The van der Waals surface area contributed by atoms with Gasteiger partial charge in [-0.3, -0.25) is 14.4 Å². The fourth-order valence-corrected chi connectivity index (χ4v) is 2.53. The van der Waals surface area contributed by atoms with Gasteiger partial charge in [0, 0.05) is 21.8 Å². The van der Waals surface area contributed by atoms with Crippen LogP contribution in [0.1, 0.15) is 15.9 Å². The molecule has 114 valence electrons. The summed E-state index contributed by atoms with van der Waals surface area (Å²) in [7, 11) is 0. The topological polar surface area (TPSA) is 83.5 Å². The van der Waals surface area contributed by atoms with Crippen LogP contribution in [0.2, 0.25) is 5.02 Å². The number of hydrogen-bond donors (Lipinski definition) is 2.